The van der Waals surface area contributed by atoms with Gasteiger partial charge >= 0.3 is 5.97 Å². The third-order valence-corrected chi connectivity index (χ3v) is 8.27. The van der Waals surface area contributed by atoms with Crippen LogP contribution in [0, 0.1) is 0 Å². The number of aromatic nitrogens is 1. The van der Waals surface area contributed by atoms with E-state index in [0.717, 1.165) is 4.47 Å². The van der Waals surface area contributed by atoms with Gasteiger partial charge in [-0.25, -0.2) is 9.78 Å². The highest BCUT2D eigenvalue weighted by Crippen LogP contribution is 2.37. The molecule has 0 spiro atoms. The van der Waals surface area contributed by atoms with Crippen molar-refractivity contribution in [1.82, 2.24) is 4.98 Å². The summed E-state index contributed by atoms with van der Waals surface area (Å²) in [4.78, 5) is 15.5. The van der Waals surface area contributed by atoms with E-state index < -0.39 is 14.3 Å². The first-order valence-electron chi connectivity index (χ1n) is 6.53. The van der Waals surface area contributed by atoms with E-state index in [1.54, 1.807) is 12.3 Å². The van der Waals surface area contributed by atoms with Gasteiger partial charge < -0.3 is 14.8 Å². The highest BCUT2D eigenvalue weighted by atomic mass is 79.9. The zero-order valence-electron chi connectivity index (χ0n) is 12.9. The normalized spacial score (nSPS) is 13.0. The summed E-state index contributed by atoms with van der Waals surface area (Å²) >= 11 is 3.29. The maximum absolute atomic E-state index is 11.3. The van der Waals surface area contributed by atoms with Gasteiger partial charge in [0.2, 0.25) is 5.76 Å². The largest absolute Gasteiger partial charge is 0.538 e. The molecule has 0 aliphatic rings. The monoisotopic (exact) mass is 372 g/mol. The Bertz CT molecular complexity index is 536. The molecule has 0 aromatic carbocycles. The van der Waals surface area contributed by atoms with E-state index in [9.17, 15) is 9.90 Å². The summed E-state index contributed by atoms with van der Waals surface area (Å²) in [6.07, 6.45) is 2.98. The summed E-state index contributed by atoms with van der Waals surface area (Å²) in [5, 5.41) is 12.1. The Balaban J connectivity index is 2.89. The van der Waals surface area contributed by atoms with Gasteiger partial charge in [0, 0.05) is 10.7 Å². The Hall–Kier alpha value is -1.34. The average Bonchev–Trinajstić information content (AvgIpc) is 2.34. The molecule has 0 aliphatic heterocycles. The molecular formula is C14H21BrN2O3Si. The molecule has 0 unspecified atom stereocenters. The van der Waals surface area contributed by atoms with E-state index in [0.29, 0.717) is 5.82 Å². The summed E-state index contributed by atoms with van der Waals surface area (Å²) in [6, 6.07) is 3.56. The van der Waals surface area contributed by atoms with E-state index >= 15 is 0 Å². The number of carboxylic acids is 1. The highest BCUT2D eigenvalue weighted by Gasteiger charge is 2.40. The van der Waals surface area contributed by atoms with Gasteiger partial charge in [-0.05, 0) is 46.2 Å². The standard InChI is InChI=1S/C14H21BrN2O3Si/c1-14(2,3)21(4,5)20-11(13(18)19)9-17-12-7-6-10(15)8-16-12/h6-9H,1-5H3,(H,16,17)(H,18,19)/b11-9-. The second-order valence-electron chi connectivity index (χ2n) is 6.18. The molecule has 1 aromatic heterocycles. The fraction of sp³-hybridized carbons (Fsp3) is 0.429. The molecule has 0 fully saturated rings. The molecule has 116 valence electrons. The van der Waals surface area contributed by atoms with Crippen molar-refractivity contribution in [3.8, 4) is 0 Å². The van der Waals surface area contributed by atoms with Crippen molar-refractivity contribution >= 4 is 36.0 Å². The number of pyridine rings is 1. The zero-order valence-corrected chi connectivity index (χ0v) is 15.5. The van der Waals surface area contributed by atoms with Gasteiger partial charge in [0.25, 0.3) is 8.32 Å². The summed E-state index contributed by atoms with van der Waals surface area (Å²) in [5.41, 5.74) is 0. The van der Waals surface area contributed by atoms with E-state index in [4.69, 9.17) is 4.43 Å². The van der Waals surface area contributed by atoms with Crippen LogP contribution in [0.1, 0.15) is 20.8 Å². The Kier molecular flexibility index (Phi) is 5.58. The fourth-order valence-electron chi connectivity index (χ4n) is 1.16. The molecule has 0 amide bonds. The fourth-order valence-corrected chi connectivity index (χ4v) is 2.40. The lowest BCUT2D eigenvalue weighted by Crippen LogP contribution is -2.41. The van der Waals surface area contributed by atoms with Crippen LogP contribution >= 0.6 is 15.9 Å². The van der Waals surface area contributed by atoms with Crippen LogP contribution in [0.5, 0.6) is 0 Å². The Morgan fingerprint density at radius 2 is 2.05 bits per heavy atom. The summed E-state index contributed by atoms with van der Waals surface area (Å²) < 4.78 is 6.66. The number of rotatable bonds is 5. The van der Waals surface area contributed by atoms with Crippen LogP contribution in [-0.4, -0.2) is 24.4 Å². The van der Waals surface area contributed by atoms with Gasteiger partial charge in [-0.2, -0.15) is 0 Å². The number of nitrogens with zero attached hydrogens (tertiary/aromatic N) is 1. The minimum Gasteiger partial charge on any atom is -0.538 e. The summed E-state index contributed by atoms with van der Waals surface area (Å²) in [7, 11) is -2.19. The molecule has 5 nitrogen and oxygen atoms in total. The van der Waals surface area contributed by atoms with Gasteiger partial charge in [-0.3, -0.25) is 0 Å². The first kappa shape index (κ1) is 17.7. The van der Waals surface area contributed by atoms with Crippen LogP contribution in [0.25, 0.3) is 0 Å². The predicted octanol–water partition coefficient (Wildman–Crippen LogP) is 4.20. The van der Waals surface area contributed by atoms with Crippen molar-refractivity contribution in [2.75, 3.05) is 5.32 Å². The van der Waals surface area contributed by atoms with Gasteiger partial charge in [0.1, 0.15) is 5.82 Å². The minimum absolute atomic E-state index is 0.0720. The van der Waals surface area contributed by atoms with Crippen molar-refractivity contribution in [1.29, 1.82) is 0 Å². The third kappa shape index (κ3) is 5.17. The van der Waals surface area contributed by atoms with Crippen LogP contribution < -0.4 is 5.32 Å². The summed E-state index contributed by atoms with van der Waals surface area (Å²) in [5.74, 6) is -0.633. The molecule has 0 aliphatic carbocycles. The van der Waals surface area contributed by atoms with Crippen molar-refractivity contribution in [3.05, 3.63) is 34.8 Å². The summed E-state index contributed by atoms with van der Waals surface area (Å²) in [6.45, 7) is 10.2. The molecule has 0 saturated heterocycles. The molecule has 7 heteroatoms. The number of halogens is 1. The second kappa shape index (κ2) is 6.61. The second-order valence-corrected chi connectivity index (χ2v) is 11.8. The smallest absolute Gasteiger partial charge is 0.371 e. The average molecular weight is 373 g/mol. The van der Waals surface area contributed by atoms with Crippen LogP contribution in [0.3, 0.4) is 0 Å². The lowest BCUT2D eigenvalue weighted by Gasteiger charge is -2.36. The van der Waals surface area contributed by atoms with Crippen LogP contribution in [0.4, 0.5) is 5.82 Å². The first-order chi connectivity index (χ1) is 9.53. The van der Waals surface area contributed by atoms with Crippen molar-refractivity contribution in [3.63, 3.8) is 0 Å². The molecule has 1 heterocycles. The lowest BCUT2D eigenvalue weighted by molar-refractivity contribution is -0.135. The molecule has 0 bridgehead atoms. The van der Waals surface area contributed by atoms with Crippen molar-refractivity contribution in [2.24, 2.45) is 0 Å². The topological polar surface area (TPSA) is 71.5 Å². The third-order valence-electron chi connectivity index (χ3n) is 3.46. The zero-order chi connectivity index (χ0) is 16.3. The number of hydrogen-bond acceptors (Lipinski definition) is 4. The number of hydrogen-bond donors (Lipinski definition) is 2. The van der Waals surface area contributed by atoms with Gasteiger partial charge in [0.15, 0.2) is 0 Å². The van der Waals surface area contributed by atoms with Crippen LogP contribution in [0.2, 0.25) is 18.1 Å². The van der Waals surface area contributed by atoms with Gasteiger partial charge in [0.05, 0.1) is 6.20 Å². The van der Waals surface area contributed by atoms with E-state index in [1.165, 1.54) is 6.20 Å². The van der Waals surface area contributed by atoms with Crippen molar-refractivity contribution in [2.45, 2.75) is 38.9 Å². The van der Waals surface area contributed by atoms with Crippen LogP contribution in [-0.2, 0) is 9.22 Å². The quantitative estimate of drug-likeness (QED) is 0.460. The maximum Gasteiger partial charge on any atom is 0.371 e. The molecular weight excluding hydrogens is 352 g/mol. The number of carboxylic acid groups (broad SMARTS) is 1. The first-order valence-corrected chi connectivity index (χ1v) is 10.2. The Labute approximate surface area is 134 Å². The molecule has 1 aromatic rings. The number of nitrogens with one attached hydrogen (secondary N) is 1. The van der Waals surface area contributed by atoms with Crippen LogP contribution in [0.15, 0.2) is 34.8 Å². The Morgan fingerprint density at radius 3 is 2.48 bits per heavy atom. The van der Waals surface area contributed by atoms with Crippen molar-refractivity contribution < 1.29 is 14.3 Å². The van der Waals surface area contributed by atoms with E-state index in [-0.39, 0.29) is 10.8 Å². The SMILES string of the molecule is CC(C)(C)[Si](C)(C)O/C(=C\Nc1ccc(Br)cn1)C(=O)O. The predicted molar refractivity (Wildman–Crippen MR) is 89.6 cm³/mol. The Morgan fingerprint density at radius 1 is 1.43 bits per heavy atom. The van der Waals surface area contributed by atoms with Gasteiger partial charge in [-0.15, -0.1) is 0 Å². The molecule has 0 radical (unpaired) electrons. The molecule has 0 saturated carbocycles. The molecule has 21 heavy (non-hydrogen) atoms. The number of carbonyl (C=O) groups is 1. The molecule has 0 atom stereocenters. The number of aliphatic carboxylic acids is 1. The lowest BCUT2D eigenvalue weighted by atomic mass is 10.2. The van der Waals surface area contributed by atoms with E-state index in [2.05, 4.69) is 47.0 Å². The van der Waals surface area contributed by atoms with E-state index in [1.807, 2.05) is 19.2 Å². The molecule has 1 rings (SSSR count). The minimum atomic E-state index is -2.19. The van der Waals surface area contributed by atoms with Gasteiger partial charge in [-0.1, -0.05) is 20.8 Å². The molecule has 2 N–H and O–H groups in total. The maximum atomic E-state index is 11.3. The number of anilines is 1. The highest BCUT2D eigenvalue weighted by molar-refractivity contribution is 9.10.